The summed E-state index contributed by atoms with van der Waals surface area (Å²) in [5.41, 5.74) is 0.856. The fourth-order valence-corrected chi connectivity index (χ4v) is 2.48. The fraction of sp³-hybridized carbons (Fsp3) is 0.333. The maximum Gasteiger partial charge on any atom is 0.290 e. The van der Waals surface area contributed by atoms with Gasteiger partial charge in [-0.1, -0.05) is 18.2 Å². The van der Waals surface area contributed by atoms with E-state index in [1.165, 1.54) is 6.33 Å². The summed E-state index contributed by atoms with van der Waals surface area (Å²) in [7, 11) is 0. The summed E-state index contributed by atoms with van der Waals surface area (Å²) < 4.78 is 1.57. The Morgan fingerprint density at radius 1 is 1.41 bits per heavy atom. The first-order valence-electron chi connectivity index (χ1n) is 7.16. The van der Waals surface area contributed by atoms with Gasteiger partial charge in [0.2, 0.25) is 5.82 Å². The highest BCUT2D eigenvalue weighted by molar-refractivity contribution is 5.90. The number of nitriles is 1. The van der Waals surface area contributed by atoms with Gasteiger partial charge in [-0.15, -0.1) is 5.10 Å². The first-order chi connectivity index (χ1) is 10.8. The number of nitrogens with one attached hydrogen (secondary N) is 1. The number of carbonyl (C=O) groups is 1. The number of aromatic nitrogens is 3. The fourth-order valence-electron chi connectivity index (χ4n) is 2.48. The van der Waals surface area contributed by atoms with E-state index in [1.54, 1.807) is 9.58 Å². The molecule has 1 amide bonds. The van der Waals surface area contributed by atoms with E-state index in [-0.39, 0.29) is 11.7 Å². The predicted molar refractivity (Wildman–Crippen MR) is 79.0 cm³/mol. The number of amides is 1. The lowest BCUT2D eigenvalue weighted by Gasteiger charge is -2.09. The number of carbonyl (C=O) groups excluding carboxylic acids is 1. The van der Waals surface area contributed by atoms with Crippen molar-refractivity contribution in [3.8, 4) is 11.9 Å². The Labute approximate surface area is 128 Å². The molecule has 7 nitrogen and oxygen atoms in total. The highest BCUT2D eigenvalue weighted by Crippen LogP contribution is 2.14. The number of para-hydroxylation sites is 1. The minimum absolute atomic E-state index is 0.152. The summed E-state index contributed by atoms with van der Waals surface area (Å²) in [6, 6.07) is 9.51. The number of likely N-dealkylation sites (tertiary alicyclic amines) is 1. The average Bonchev–Trinajstić information content (AvgIpc) is 3.22. The minimum Gasteiger partial charge on any atom is -0.349 e. The molecule has 0 radical (unpaired) electrons. The SMILES string of the molecule is N#CN1CC[C@@H](CNC(=O)c2ncn(-c3ccccc3)n2)C1. The zero-order valence-corrected chi connectivity index (χ0v) is 12.0. The molecule has 1 aromatic carbocycles. The van der Waals surface area contributed by atoms with Gasteiger partial charge in [0.1, 0.15) is 6.33 Å². The van der Waals surface area contributed by atoms with E-state index < -0.39 is 0 Å². The van der Waals surface area contributed by atoms with E-state index in [1.807, 2.05) is 30.3 Å². The molecule has 1 N–H and O–H groups in total. The molecule has 22 heavy (non-hydrogen) atoms. The first-order valence-corrected chi connectivity index (χ1v) is 7.16. The maximum atomic E-state index is 12.1. The summed E-state index contributed by atoms with van der Waals surface area (Å²) in [5, 5.41) is 15.8. The second-order valence-electron chi connectivity index (χ2n) is 5.26. The molecule has 1 fully saturated rings. The number of nitrogens with zero attached hydrogens (tertiary/aromatic N) is 5. The molecule has 1 aliphatic heterocycles. The summed E-state index contributed by atoms with van der Waals surface area (Å²) in [5.74, 6) is 0.170. The number of hydrogen-bond acceptors (Lipinski definition) is 5. The largest absolute Gasteiger partial charge is 0.349 e. The summed E-state index contributed by atoms with van der Waals surface area (Å²) >= 11 is 0. The van der Waals surface area contributed by atoms with Crippen LogP contribution in [0.3, 0.4) is 0 Å². The van der Waals surface area contributed by atoms with Gasteiger partial charge in [-0.2, -0.15) is 5.26 Å². The second kappa shape index (κ2) is 6.26. The summed E-state index contributed by atoms with van der Waals surface area (Å²) in [6.45, 7) is 2.00. The molecule has 0 unspecified atom stereocenters. The van der Waals surface area contributed by atoms with Crippen molar-refractivity contribution in [2.24, 2.45) is 5.92 Å². The topological polar surface area (TPSA) is 86.8 Å². The Balaban J connectivity index is 1.57. The molecule has 1 aliphatic rings. The second-order valence-corrected chi connectivity index (χ2v) is 5.26. The molecular weight excluding hydrogens is 280 g/mol. The maximum absolute atomic E-state index is 12.1. The van der Waals surface area contributed by atoms with Crippen LogP contribution >= 0.6 is 0 Å². The Kier molecular flexibility index (Phi) is 4.01. The van der Waals surface area contributed by atoms with Gasteiger partial charge in [-0.05, 0) is 24.5 Å². The monoisotopic (exact) mass is 296 g/mol. The quantitative estimate of drug-likeness (QED) is 0.843. The molecule has 0 saturated carbocycles. The van der Waals surface area contributed by atoms with Crippen LogP contribution in [0.25, 0.3) is 5.69 Å². The molecular formula is C15H16N6O. The van der Waals surface area contributed by atoms with Crippen molar-refractivity contribution >= 4 is 5.91 Å². The zero-order chi connectivity index (χ0) is 15.4. The first kappa shape index (κ1) is 14.1. The lowest BCUT2D eigenvalue weighted by atomic mass is 10.1. The van der Waals surface area contributed by atoms with Crippen LogP contribution in [-0.2, 0) is 0 Å². The third-order valence-electron chi connectivity index (χ3n) is 3.69. The van der Waals surface area contributed by atoms with Gasteiger partial charge in [-0.25, -0.2) is 9.67 Å². The van der Waals surface area contributed by atoms with E-state index in [2.05, 4.69) is 21.6 Å². The van der Waals surface area contributed by atoms with Crippen molar-refractivity contribution in [2.45, 2.75) is 6.42 Å². The highest BCUT2D eigenvalue weighted by atomic mass is 16.2. The number of hydrogen-bond donors (Lipinski definition) is 1. The van der Waals surface area contributed by atoms with Gasteiger partial charge >= 0.3 is 0 Å². The van der Waals surface area contributed by atoms with Crippen LogP contribution in [0, 0.1) is 17.4 Å². The predicted octanol–water partition coefficient (Wildman–Crippen LogP) is 0.800. The summed E-state index contributed by atoms with van der Waals surface area (Å²) in [6.07, 6.45) is 4.57. The molecule has 0 spiro atoms. The lowest BCUT2D eigenvalue weighted by molar-refractivity contribution is 0.0937. The van der Waals surface area contributed by atoms with Crippen molar-refractivity contribution in [1.82, 2.24) is 25.0 Å². The van der Waals surface area contributed by atoms with Crippen LogP contribution in [0.5, 0.6) is 0 Å². The Morgan fingerprint density at radius 2 is 2.23 bits per heavy atom. The smallest absolute Gasteiger partial charge is 0.290 e. The Morgan fingerprint density at radius 3 is 2.95 bits per heavy atom. The van der Waals surface area contributed by atoms with Crippen molar-refractivity contribution in [3.63, 3.8) is 0 Å². The number of benzene rings is 1. The molecule has 1 saturated heterocycles. The molecule has 1 atom stereocenters. The molecule has 3 rings (SSSR count). The molecule has 7 heteroatoms. The highest BCUT2D eigenvalue weighted by Gasteiger charge is 2.22. The molecule has 0 bridgehead atoms. The molecule has 1 aromatic heterocycles. The van der Waals surface area contributed by atoms with Gasteiger partial charge < -0.3 is 10.2 Å². The van der Waals surface area contributed by atoms with Crippen LogP contribution in [0.1, 0.15) is 17.0 Å². The van der Waals surface area contributed by atoms with Gasteiger partial charge in [0.25, 0.3) is 5.91 Å². The number of rotatable bonds is 4. The van der Waals surface area contributed by atoms with E-state index >= 15 is 0 Å². The van der Waals surface area contributed by atoms with Gasteiger partial charge in [0, 0.05) is 19.6 Å². The molecule has 2 aromatic rings. The minimum atomic E-state index is -0.287. The van der Waals surface area contributed by atoms with Crippen molar-refractivity contribution in [3.05, 3.63) is 42.5 Å². The van der Waals surface area contributed by atoms with Crippen molar-refractivity contribution in [2.75, 3.05) is 19.6 Å². The zero-order valence-electron chi connectivity index (χ0n) is 12.0. The Bertz CT molecular complexity index is 690. The summed E-state index contributed by atoms with van der Waals surface area (Å²) in [4.78, 5) is 17.8. The van der Waals surface area contributed by atoms with Crippen LogP contribution in [-0.4, -0.2) is 45.2 Å². The normalized spacial score (nSPS) is 17.2. The van der Waals surface area contributed by atoms with E-state index in [0.29, 0.717) is 19.0 Å². The Hall–Kier alpha value is -2.88. The molecule has 112 valence electrons. The third-order valence-corrected chi connectivity index (χ3v) is 3.69. The molecule has 2 heterocycles. The van der Waals surface area contributed by atoms with Gasteiger partial charge in [0.15, 0.2) is 6.19 Å². The average molecular weight is 296 g/mol. The van der Waals surface area contributed by atoms with Gasteiger partial charge in [0.05, 0.1) is 5.69 Å². The molecule has 0 aliphatic carbocycles. The van der Waals surface area contributed by atoms with E-state index in [9.17, 15) is 4.79 Å². The lowest BCUT2D eigenvalue weighted by Crippen LogP contribution is -2.31. The van der Waals surface area contributed by atoms with Crippen LogP contribution < -0.4 is 5.32 Å². The van der Waals surface area contributed by atoms with Crippen molar-refractivity contribution in [1.29, 1.82) is 5.26 Å². The van der Waals surface area contributed by atoms with Crippen molar-refractivity contribution < 1.29 is 4.79 Å². The van der Waals surface area contributed by atoms with Crippen LogP contribution in [0.15, 0.2) is 36.7 Å². The van der Waals surface area contributed by atoms with Gasteiger partial charge in [-0.3, -0.25) is 4.79 Å². The standard InChI is InChI=1S/C15H16N6O/c16-10-20-7-6-12(9-20)8-17-15(22)14-18-11-21(19-14)13-4-2-1-3-5-13/h1-5,11-12H,6-9H2,(H,17,22)/t12-/m0/s1. The third kappa shape index (κ3) is 3.06. The van der Waals surface area contributed by atoms with Crippen LogP contribution in [0.4, 0.5) is 0 Å². The van der Waals surface area contributed by atoms with E-state index in [0.717, 1.165) is 18.7 Å². The van der Waals surface area contributed by atoms with E-state index in [4.69, 9.17) is 5.26 Å². The van der Waals surface area contributed by atoms with Crippen LogP contribution in [0.2, 0.25) is 0 Å².